The van der Waals surface area contributed by atoms with Crippen LogP contribution in [0.3, 0.4) is 0 Å². The Kier molecular flexibility index (Phi) is 4.52. The van der Waals surface area contributed by atoms with Gasteiger partial charge in [-0.15, -0.1) is 0 Å². The molecule has 7 heteroatoms. The molecule has 0 bridgehead atoms. The number of nitrogens with zero attached hydrogens (tertiary/aromatic N) is 1. The van der Waals surface area contributed by atoms with Crippen molar-refractivity contribution in [3.8, 4) is 11.6 Å². The fourth-order valence-electron chi connectivity index (χ4n) is 1.85. The maximum absolute atomic E-state index is 13.1. The Balaban J connectivity index is 2.38. The summed E-state index contributed by atoms with van der Waals surface area (Å²) in [6.07, 6.45) is -4.56. The van der Waals surface area contributed by atoms with Crippen molar-refractivity contribution in [2.45, 2.75) is 13.1 Å². The monoisotopic (exact) mass is 301 g/mol. The summed E-state index contributed by atoms with van der Waals surface area (Å²) in [5, 5.41) is 9.18. The molecular formula is C14H14F3NO3. The molecular weight excluding hydrogens is 287 g/mol. The molecule has 2 rings (SSSR count). The summed E-state index contributed by atoms with van der Waals surface area (Å²) < 4.78 is 49.5. The molecule has 1 aromatic carbocycles. The van der Waals surface area contributed by atoms with E-state index in [-0.39, 0.29) is 35.7 Å². The zero-order valence-corrected chi connectivity index (χ0v) is 11.3. The second kappa shape index (κ2) is 6.17. The first-order valence-electron chi connectivity index (χ1n) is 6.33. The molecule has 0 aliphatic heterocycles. The number of hydrogen-bond donors (Lipinski definition) is 1. The fraction of sp³-hybridized carbons (Fsp3) is 0.357. The molecule has 0 atom stereocenters. The SMILES string of the molecule is CCOCCOc1cc(C(F)(F)F)c2cc(O)ccc2n1. The zero-order chi connectivity index (χ0) is 15.5. The highest BCUT2D eigenvalue weighted by molar-refractivity contribution is 5.84. The minimum atomic E-state index is -4.56. The number of rotatable bonds is 5. The predicted molar refractivity (Wildman–Crippen MR) is 70.4 cm³/mol. The molecule has 0 saturated heterocycles. The van der Waals surface area contributed by atoms with Crippen molar-refractivity contribution in [2.75, 3.05) is 19.8 Å². The summed E-state index contributed by atoms with van der Waals surface area (Å²) >= 11 is 0. The Bertz CT molecular complexity index is 629. The van der Waals surface area contributed by atoms with E-state index in [4.69, 9.17) is 9.47 Å². The third-order valence-corrected chi connectivity index (χ3v) is 2.76. The van der Waals surface area contributed by atoms with Crippen molar-refractivity contribution < 1.29 is 27.8 Å². The molecule has 0 spiro atoms. The molecule has 2 aromatic rings. The minimum absolute atomic E-state index is 0.106. The molecule has 114 valence electrons. The zero-order valence-electron chi connectivity index (χ0n) is 11.3. The lowest BCUT2D eigenvalue weighted by Gasteiger charge is -2.13. The normalized spacial score (nSPS) is 11.8. The van der Waals surface area contributed by atoms with Gasteiger partial charge in [-0.3, -0.25) is 0 Å². The van der Waals surface area contributed by atoms with Gasteiger partial charge in [-0.25, -0.2) is 4.98 Å². The maximum atomic E-state index is 13.1. The van der Waals surface area contributed by atoms with Gasteiger partial charge in [-0.2, -0.15) is 13.2 Å². The van der Waals surface area contributed by atoms with Crippen LogP contribution < -0.4 is 4.74 Å². The molecule has 0 aliphatic carbocycles. The average molecular weight is 301 g/mol. The Morgan fingerprint density at radius 1 is 1.19 bits per heavy atom. The van der Waals surface area contributed by atoms with E-state index in [1.807, 2.05) is 6.92 Å². The quantitative estimate of drug-likeness (QED) is 0.860. The van der Waals surface area contributed by atoms with Crippen LogP contribution in [0.4, 0.5) is 13.2 Å². The fourth-order valence-corrected chi connectivity index (χ4v) is 1.85. The molecule has 0 fully saturated rings. The molecule has 0 amide bonds. The molecule has 4 nitrogen and oxygen atoms in total. The van der Waals surface area contributed by atoms with E-state index in [2.05, 4.69) is 4.98 Å². The molecule has 1 aromatic heterocycles. The van der Waals surface area contributed by atoms with Crippen LogP contribution in [-0.2, 0) is 10.9 Å². The average Bonchev–Trinajstić information content (AvgIpc) is 2.42. The van der Waals surface area contributed by atoms with Crippen LogP contribution in [0, 0.1) is 0 Å². The summed E-state index contributed by atoms with van der Waals surface area (Å²) in [7, 11) is 0. The first kappa shape index (κ1) is 15.4. The predicted octanol–water partition coefficient (Wildman–Crippen LogP) is 3.37. The van der Waals surface area contributed by atoms with Crippen LogP contribution in [0.1, 0.15) is 12.5 Å². The van der Waals surface area contributed by atoms with E-state index in [0.29, 0.717) is 6.61 Å². The standard InChI is InChI=1S/C14H14F3NO3/c1-2-20-5-6-21-13-8-11(14(15,16)17)10-7-9(19)3-4-12(10)18-13/h3-4,7-8,19H,2,5-6H2,1H3. The summed E-state index contributed by atoms with van der Waals surface area (Å²) in [5.74, 6) is -0.375. The number of phenolic OH excluding ortho intramolecular Hbond substituents is 1. The molecule has 0 aliphatic rings. The second-order valence-corrected chi connectivity index (χ2v) is 4.25. The largest absolute Gasteiger partial charge is 0.508 e. The van der Waals surface area contributed by atoms with Gasteiger partial charge in [0.25, 0.3) is 0 Å². The summed E-state index contributed by atoms with van der Waals surface area (Å²) in [5.41, 5.74) is -0.788. The number of aromatic nitrogens is 1. The first-order chi connectivity index (χ1) is 9.91. The van der Waals surface area contributed by atoms with Crippen LogP contribution in [0.15, 0.2) is 24.3 Å². The summed E-state index contributed by atoms with van der Waals surface area (Å²) in [6.45, 7) is 2.69. The highest BCUT2D eigenvalue weighted by Crippen LogP contribution is 2.37. The lowest BCUT2D eigenvalue weighted by Crippen LogP contribution is -2.10. The van der Waals surface area contributed by atoms with Gasteiger partial charge in [-0.1, -0.05) is 0 Å². The number of ether oxygens (including phenoxy) is 2. The van der Waals surface area contributed by atoms with Gasteiger partial charge in [0.15, 0.2) is 0 Å². The van der Waals surface area contributed by atoms with Gasteiger partial charge >= 0.3 is 6.18 Å². The molecule has 1 heterocycles. The van der Waals surface area contributed by atoms with Crippen molar-refractivity contribution in [3.63, 3.8) is 0 Å². The van der Waals surface area contributed by atoms with Gasteiger partial charge in [0.05, 0.1) is 17.7 Å². The van der Waals surface area contributed by atoms with Crippen molar-refractivity contribution in [2.24, 2.45) is 0 Å². The van der Waals surface area contributed by atoms with Crippen LogP contribution in [0.25, 0.3) is 10.9 Å². The Morgan fingerprint density at radius 3 is 2.62 bits per heavy atom. The van der Waals surface area contributed by atoms with Gasteiger partial charge in [0.2, 0.25) is 5.88 Å². The van der Waals surface area contributed by atoms with Crippen LogP contribution in [0.5, 0.6) is 11.6 Å². The lowest BCUT2D eigenvalue weighted by atomic mass is 10.1. The molecule has 0 saturated carbocycles. The Hall–Kier alpha value is -2.02. The first-order valence-corrected chi connectivity index (χ1v) is 6.33. The number of halogens is 3. The third kappa shape index (κ3) is 3.75. The van der Waals surface area contributed by atoms with Crippen LogP contribution in [0.2, 0.25) is 0 Å². The summed E-state index contributed by atoms with van der Waals surface area (Å²) in [6, 6.07) is 4.46. The Labute approximate surface area is 119 Å². The number of aromatic hydroxyl groups is 1. The van der Waals surface area contributed by atoms with Gasteiger partial charge in [-0.05, 0) is 25.1 Å². The third-order valence-electron chi connectivity index (χ3n) is 2.76. The van der Waals surface area contributed by atoms with Gasteiger partial charge < -0.3 is 14.6 Å². The number of pyridine rings is 1. The number of alkyl halides is 3. The van der Waals surface area contributed by atoms with E-state index in [1.165, 1.54) is 12.1 Å². The van der Waals surface area contributed by atoms with Crippen LogP contribution in [-0.4, -0.2) is 29.9 Å². The van der Waals surface area contributed by atoms with E-state index < -0.39 is 11.7 Å². The van der Waals surface area contributed by atoms with Gasteiger partial charge in [0, 0.05) is 18.1 Å². The minimum Gasteiger partial charge on any atom is -0.508 e. The summed E-state index contributed by atoms with van der Waals surface area (Å²) in [4.78, 5) is 4.00. The molecule has 0 unspecified atom stereocenters. The molecule has 21 heavy (non-hydrogen) atoms. The highest BCUT2D eigenvalue weighted by Gasteiger charge is 2.33. The van der Waals surface area contributed by atoms with E-state index >= 15 is 0 Å². The van der Waals surface area contributed by atoms with E-state index in [0.717, 1.165) is 12.1 Å². The van der Waals surface area contributed by atoms with Crippen molar-refractivity contribution in [1.29, 1.82) is 0 Å². The topological polar surface area (TPSA) is 51.6 Å². The lowest BCUT2D eigenvalue weighted by molar-refractivity contribution is -0.136. The Morgan fingerprint density at radius 2 is 1.95 bits per heavy atom. The van der Waals surface area contributed by atoms with Crippen molar-refractivity contribution in [3.05, 3.63) is 29.8 Å². The number of hydrogen-bond acceptors (Lipinski definition) is 4. The van der Waals surface area contributed by atoms with E-state index in [9.17, 15) is 18.3 Å². The van der Waals surface area contributed by atoms with Crippen LogP contribution >= 0.6 is 0 Å². The molecule has 1 N–H and O–H groups in total. The number of fused-ring (bicyclic) bond motifs is 1. The van der Waals surface area contributed by atoms with Crippen molar-refractivity contribution >= 4 is 10.9 Å². The second-order valence-electron chi connectivity index (χ2n) is 4.25. The molecule has 0 radical (unpaired) electrons. The van der Waals surface area contributed by atoms with E-state index in [1.54, 1.807) is 0 Å². The maximum Gasteiger partial charge on any atom is 0.417 e. The number of benzene rings is 1. The van der Waals surface area contributed by atoms with Crippen molar-refractivity contribution in [1.82, 2.24) is 4.98 Å². The highest BCUT2D eigenvalue weighted by atomic mass is 19.4. The smallest absolute Gasteiger partial charge is 0.417 e. The number of phenols is 1. The van der Waals surface area contributed by atoms with Gasteiger partial charge in [0.1, 0.15) is 12.4 Å².